The second-order valence-corrected chi connectivity index (χ2v) is 5.48. The Hall–Kier alpha value is -1.03. The van der Waals surface area contributed by atoms with Crippen LogP contribution < -0.4 is 4.57 Å². The van der Waals surface area contributed by atoms with Gasteiger partial charge in [-0.3, -0.25) is 0 Å². The quantitative estimate of drug-likeness (QED) is 0.222. The fourth-order valence-electron chi connectivity index (χ4n) is 2.31. The molecule has 8 nitrogen and oxygen atoms in total. The van der Waals surface area contributed by atoms with Crippen LogP contribution in [0.25, 0.3) is 0 Å². The highest BCUT2D eigenvalue weighted by molar-refractivity contribution is 4.96. The Kier molecular flexibility index (Phi) is 7.40. The number of rotatable bonds is 9. The van der Waals surface area contributed by atoms with Crippen LogP contribution in [0.15, 0.2) is 12.4 Å². The summed E-state index contributed by atoms with van der Waals surface area (Å²) in [6.07, 6.45) is -3.00. The first-order valence-corrected chi connectivity index (χ1v) is 7.40. The smallest absolute Gasteiger partial charge is 0.288 e. The van der Waals surface area contributed by atoms with Crippen molar-refractivity contribution >= 4 is 0 Å². The molecule has 0 spiro atoms. The van der Waals surface area contributed by atoms with Gasteiger partial charge >= 0.3 is 0 Å². The average Bonchev–Trinajstić information content (AvgIpc) is 2.89. The lowest BCUT2D eigenvalue weighted by Crippen LogP contribution is -2.49. The summed E-state index contributed by atoms with van der Waals surface area (Å²) in [7, 11) is 1.69. The molecule has 128 valence electrons. The standard InChI is InChI=1S/C14H27N2O6/c1-3-4-5-16-7-6-15(2)14(16)13(22)12(21)11(20)10(19)9(18)8-17/h6-7,9-13,17-22H,3-5,8H2,1-2H3/q+1/t9-,10-,11+,12-,13+/m1/s1/i13+1. The maximum atomic E-state index is 10.3. The van der Waals surface area contributed by atoms with E-state index in [0.717, 1.165) is 12.8 Å². The Morgan fingerprint density at radius 1 is 1.09 bits per heavy atom. The van der Waals surface area contributed by atoms with E-state index in [-0.39, 0.29) is 0 Å². The van der Waals surface area contributed by atoms with Crippen molar-refractivity contribution in [2.24, 2.45) is 7.05 Å². The second-order valence-electron chi connectivity index (χ2n) is 5.48. The zero-order valence-corrected chi connectivity index (χ0v) is 12.9. The average molecular weight is 320 g/mol. The number of imidazole rings is 1. The van der Waals surface area contributed by atoms with Crippen molar-refractivity contribution in [2.45, 2.75) is 56.8 Å². The highest BCUT2D eigenvalue weighted by Crippen LogP contribution is 2.19. The predicted molar refractivity (Wildman–Crippen MR) is 76.6 cm³/mol. The molecule has 8 heteroatoms. The van der Waals surface area contributed by atoms with Gasteiger partial charge in [0.15, 0.2) is 6.10 Å². The summed E-state index contributed by atoms with van der Waals surface area (Å²) in [5.74, 6) is 0.380. The van der Waals surface area contributed by atoms with Crippen molar-refractivity contribution in [3.8, 4) is 0 Å². The minimum absolute atomic E-state index is 0.380. The number of aliphatic hydroxyl groups excluding tert-OH is 6. The molecule has 0 aromatic carbocycles. The van der Waals surface area contributed by atoms with E-state index in [2.05, 4.69) is 0 Å². The summed E-state index contributed by atoms with van der Waals surface area (Å²) in [6.45, 7) is 1.92. The molecule has 0 amide bonds. The summed E-state index contributed by atoms with van der Waals surface area (Å²) in [5, 5.41) is 58.0. The van der Waals surface area contributed by atoms with Gasteiger partial charge < -0.3 is 30.6 Å². The third-order valence-electron chi connectivity index (χ3n) is 3.75. The molecule has 0 bridgehead atoms. The Balaban J connectivity index is 2.90. The van der Waals surface area contributed by atoms with Crippen LogP contribution >= 0.6 is 0 Å². The third-order valence-corrected chi connectivity index (χ3v) is 3.75. The largest absolute Gasteiger partial charge is 0.394 e. The van der Waals surface area contributed by atoms with E-state index in [1.54, 1.807) is 28.6 Å². The van der Waals surface area contributed by atoms with Crippen LogP contribution in [0.3, 0.4) is 0 Å². The van der Waals surface area contributed by atoms with Crippen LogP contribution in [0.4, 0.5) is 0 Å². The van der Waals surface area contributed by atoms with Gasteiger partial charge in [-0.05, 0) is 6.42 Å². The highest BCUT2D eigenvalue weighted by atomic mass is 16.4. The van der Waals surface area contributed by atoms with Gasteiger partial charge in [0.05, 0.1) is 20.2 Å². The fourth-order valence-corrected chi connectivity index (χ4v) is 2.31. The maximum Gasteiger partial charge on any atom is 0.288 e. The van der Waals surface area contributed by atoms with Crippen LogP contribution in [0.5, 0.6) is 0 Å². The number of aryl methyl sites for hydroxylation is 2. The number of nitrogens with zero attached hydrogens (tertiary/aromatic N) is 2. The molecule has 1 aromatic rings. The first-order chi connectivity index (χ1) is 10.3. The third kappa shape index (κ3) is 4.25. The van der Waals surface area contributed by atoms with Crippen molar-refractivity contribution in [3.63, 3.8) is 0 Å². The molecular formula is C14H27N2O6+. The topological polar surface area (TPSA) is 130 Å². The summed E-state index contributed by atoms with van der Waals surface area (Å²) >= 11 is 0. The van der Waals surface area contributed by atoms with Crippen LogP contribution in [0.1, 0.15) is 31.7 Å². The molecule has 6 N–H and O–H groups in total. The molecular weight excluding hydrogens is 293 g/mol. The van der Waals surface area contributed by atoms with Gasteiger partial charge in [-0.15, -0.1) is 0 Å². The van der Waals surface area contributed by atoms with E-state index >= 15 is 0 Å². The SMILES string of the molecule is CCCCn1cc[n+](C)c1[13C@@H](O)[C@H](O)[C@@H](O)[C@H](O)[C@H](O)CO. The highest BCUT2D eigenvalue weighted by Gasteiger charge is 2.39. The summed E-state index contributed by atoms with van der Waals surface area (Å²) in [5.41, 5.74) is 0. The summed E-state index contributed by atoms with van der Waals surface area (Å²) < 4.78 is 3.38. The van der Waals surface area contributed by atoms with E-state index in [9.17, 15) is 25.5 Å². The van der Waals surface area contributed by atoms with E-state index < -0.39 is 37.1 Å². The van der Waals surface area contributed by atoms with Gasteiger partial charge in [-0.2, -0.15) is 0 Å². The summed E-state index contributed by atoms with van der Waals surface area (Å²) in [6, 6.07) is 0. The molecule has 0 aliphatic rings. The van der Waals surface area contributed by atoms with Crippen molar-refractivity contribution in [1.82, 2.24) is 4.57 Å². The zero-order valence-electron chi connectivity index (χ0n) is 12.9. The van der Waals surface area contributed by atoms with Gasteiger partial charge in [-0.1, -0.05) is 13.3 Å². The fraction of sp³-hybridized carbons (Fsp3) is 0.786. The molecule has 5 atom stereocenters. The molecule has 1 rings (SSSR count). The number of aromatic nitrogens is 2. The van der Waals surface area contributed by atoms with Crippen LogP contribution in [0.2, 0.25) is 0 Å². The van der Waals surface area contributed by atoms with E-state index in [4.69, 9.17) is 5.11 Å². The first-order valence-electron chi connectivity index (χ1n) is 7.40. The lowest BCUT2D eigenvalue weighted by atomic mass is 10.1. The minimum Gasteiger partial charge on any atom is -0.394 e. The molecule has 0 aliphatic heterocycles. The molecule has 0 unspecified atom stereocenters. The lowest BCUT2D eigenvalue weighted by molar-refractivity contribution is -0.683. The molecule has 0 saturated carbocycles. The normalized spacial score (nSPS) is 18.7. The molecule has 0 fully saturated rings. The van der Waals surface area contributed by atoms with Crippen LogP contribution in [0, 0.1) is 0 Å². The summed E-state index contributed by atoms with van der Waals surface area (Å²) in [4.78, 5) is 0. The van der Waals surface area contributed by atoms with Gasteiger partial charge in [0.1, 0.15) is 36.8 Å². The number of aliphatic hydroxyl groups is 6. The van der Waals surface area contributed by atoms with Crippen molar-refractivity contribution in [2.75, 3.05) is 6.61 Å². The first kappa shape index (κ1) is 19.0. The van der Waals surface area contributed by atoms with E-state index in [1.807, 2.05) is 6.92 Å². The molecule has 1 heterocycles. The molecule has 0 saturated heterocycles. The molecule has 0 radical (unpaired) electrons. The monoisotopic (exact) mass is 320 g/mol. The van der Waals surface area contributed by atoms with Gasteiger partial charge in [-0.25, -0.2) is 9.13 Å². The minimum atomic E-state index is -1.80. The van der Waals surface area contributed by atoms with Gasteiger partial charge in [0.25, 0.3) is 5.82 Å². The number of unbranched alkanes of at least 4 members (excludes halogenated alkanes) is 1. The number of hydrogen-bond donors (Lipinski definition) is 6. The second kappa shape index (κ2) is 8.56. The Labute approximate surface area is 129 Å². The molecule has 22 heavy (non-hydrogen) atoms. The maximum absolute atomic E-state index is 10.3. The van der Waals surface area contributed by atoms with Crippen molar-refractivity contribution < 1.29 is 35.2 Å². The van der Waals surface area contributed by atoms with E-state index in [0.29, 0.717) is 12.4 Å². The Bertz CT molecular complexity index is 453. The van der Waals surface area contributed by atoms with E-state index in [1.165, 1.54) is 0 Å². The van der Waals surface area contributed by atoms with Gasteiger partial charge in [0, 0.05) is 0 Å². The molecule has 0 aliphatic carbocycles. The van der Waals surface area contributed by atoms with Crippen molar-refractivity contribution in [1.29, 1.82) is 0 Å². The number of hydrogen-bond acceptors (Lipinski definition) is 6. The Morgan fingerprint density at radius 2 is 1.73 bits per heavy atom. The zero-order chi connectivity index (χ0) is 16.9. The van der Waals surface area contributed by atoms with Crippen molar-refractivity contribution in [3.05, 3.63) is 18.2 Å². The van der Waals surface area contributed by atoms with Gasteiger partial charge in [0.2, 0.25) is 0 Å². The lowest BCUT2D eigenvalue weighted by Gasteiger charge is -2.27. The van der Waals surface area contributed by atoms with Crippen LogP contribution in [-0.4, -0.2) is 66.2 Å². The molecule has 1 aromatic heterocycles. The predicted octanol–water partition coefficient (Wildman–Crippen LogP) is -2.42. The Morgan fingerprint density at radius 3 is 2.27 bits per heavy atom. The van der Waals surface area contributed by atoms with Crippen LogP contribution in [-0.2, 0) is 13.6 Å².